The van der Waals surface area contributed by atoms with Crippen molar-refractivity contribution in [2.75, 3.05) is 21.3 Å². The van der Waals surface area contributed by atoms with Gasteiger partial charge >= 0.3 is 0 Å². The number of para-hydroxylation sites is 1. The Morgan fingerprint density at radius 3 is 2.28 bits per heavy atom. The molecule has 0 bridgehead atoms. The van der Waals surface area contributed by atoms with Gasteiger partial charge in [0.2, 0.25) is 11.7 Å². The van der Waals surface area contributed by atoms with Gasteiger partial charge in [-0.2, -0.15) is 5.10 Å². The first-order valence-corrected chi connectivity index (χ1v) is 9.94. The summed E-state index contributed by atoms with van der Waals surface area (Å²) in [5.41, 5.74) is 2.05. The molecular formula is C23H26N4O5. The van der Waals surface area contributed by atoms with E-state index >= 15 is 0 Å². The molecule has 0 aliphatic rings. The Labute approximate surface area is 186 Å². The third-order valence-corrected chi connectivity index (χ3v) is 4.79. The van der Waals surface area contributed by atoms with Crippen LogP contribution in [0.25, 0.3) is 5.69 Å². The maximum absolute atomic E-state index is 12.7. The quantitative estimate of drug-likeness (QED) is 0.532. The van der Waals surface area contributed by atoms with Crippen molar-refractivity contribution >= 4 is 11.8 Å². The molecule has 2 N–H and O–H groups in total. The summed E-state index contributed by atoms with van der Waals surface area (Å²) in [4.78, 5) is 25.2. The summed E-state index contributed by atoms with van der Waals surface area (Å²) in [6, 6.07) is 12.0. The smallest absolute Gasteiger partial charge is 0.252 e. The molecule has 9 heteroatoms. The molecule has 1 atom stereocenters. The van der Waals surface area contributed by atoms with Crippen LogP contribution in [-0.4, -0.2) is 49.0 Å². The molecule has 1 aromatic heterocycles. The highest BCUT2D eigenvalue weighted by molar-refractivity contribution is 5.98. The molecule has 168 valence electrons. The first-order valence-electron chi connectivity index (χ1n) is 9.94. The number of hydrogen-bond donors (Lipinski definition) is 2. The summed E-state index contributed by atoms with van der Waals surface area (Å²) in [7, 11) is 4.42. The summed E-state index contributed by atoms with van der Waals surface area (Å²) < 4.78 is 17.5. The number of rotatable bonds is 9. The van der Waals surface area contributed by atoms with E-state index in [1.54, 1.807) is 17.8 Å². The van der Waals surface area contributed by atoms with Crippen LogP contribution in [0.15, 0.2) is 54.9 Å². The van der Waals surface area contributed by atoms with Gasteiger partial charge in [0.25, 0.3) is 5.91 Å². The summed E-state index contributed by atoms with van der Waals surface area (Å²) in [5, 5.41) is 9.79. The van der Waals surface area contributed by atoms with E-state index in [2.05, 4.69) is 15.7 Å². The fourth-order valence-corrected chi connectivity index (χ4v) is 3.07. The summed E-state index contributed by atoms with van der Waals surface area (Å²) in [6.07, 6.45) is 3.53. The maximum atomic E-state index is 12.7. The molecule has 3 rings (SSSR count). The van der Waals surface area contributed by atoms with Crippen molar-refractivity contribution in [3.8, 4) is 22.9 Å². The number of aromatic nitrogens is 2. The molecule has 0 aliphatic carbocycles. The highest BCUT2D eigenvalue weighted by atomic mass is 16.5. The highest BCUT2D eigenvalue weighted by Gasteiger charge is 2.20. The molecule has 0 aliphatic heterocycles. The number of amides is 2. The van der Waals surface area contributed by atoms with Crippen LogP contribution in [-0.2, 0) is 11.3 Å². The number of carbonyl (C=O) groups is 2. The Morgan fingerprint density at radius 1 is 1.03 bits per heavy atom. The lowest BCUT2D eigenvalue weighted by molar-refractivity contribution is -0.122. The first kappa shape index (κ1) is 22.7. The van der Waals surface area contributed by atoms with Crippen molar-refractivity contribution in [1.29, 1.82) is 0 Å². The second-order valence-corrected chi connectivity index (χ2v) is 6.96. The van der Waals surface area contributed by atoms with E-state index in [0.29, 0.717) is 17.2 Å². The van der Waals surface area contributed by atoms with Crippen molar-refractivity contribution in [2.24, 2.45) is 0 Å². The topological polar surface area (TPSA) is 104 Å². The number of nitrogens with zero attached hydrogens (tertiary/aromatic N) is 2. The predicted octanol–water partition coefficient (Wildman–Crippen LogP) is 2.33. The van der Waals surface area contributed by atoms with E-state index in [9.17, 15) is 9.59 Å². The second kappa shape index (κ2) is 10.3. The van der Waals surface area contributed by atoms with Crippen LogP contribution in [0.1, 0.15) is 22.8 Å². The lowest BCUT2D eigenvalue weighted by atomic mass is 10.1. The van der Waals surface area contributed by atoms with Gasteiger partial charge in [-0.3, -0.25) is 9.59 Å². The van der Waals surface area contributed by atoms with Gasteiger partial charge in [0.1, 0.15) is 6.04 Å². The highest BCUT2D eigenvalue weighted by Crippen LogP contribution is 2.38. The number of nitrogens with one attached hydrogen (secondary N) is 2. The summed E-state index contributed by atoms with van der Waals surface area (Å²) in [5.74, 6) is 0.324. The van der Waals surface area contributed by atoms with Gasteiger partial charge < -0.3 is 24.8 Å². The average molecular weight is 438 g/mol. The van der Waals surface area contributed by atoms with Crippen molar-refractivity contribution in [3.63, 3.8) is 0 Å². The fraction of sp³-hybridized carbons (Fsp3) is 0.261. The predicted molar refractivity (Wildman–Crippen MR) is 118 cm³/mol. The number of hydrogen-bond acceptors (Lipinski definition) is 6. The Bertz CT molecular complexity index is 1060. The van der Waals surface area contributed by atoms with Gasteiger partial charge in [0.15, 0.2) is 11.5 Å². The van der Waals surface area contributed by atoms with Gasteiger partial charge in [0, 0.05) is 23.9 Å². The Hall–Kier alpha value is -4.01. The zero-order valence-electron chi connectivity index (χ0n) is 18.4. The van der Waals surface area contributed by atoms with Crippen LogP contribution < -0.4 is 24.8 Å². The molecule has 0 spiro atoms. The SMILES string of the molecule is COc1cc(C(=O)N[C@H](C)C(=O)NCc2cnn(-c3ccccc3)c2)cc(OC)c1OC. The molecule has 2 aromatic carbocycles. The molecule has 1 heterocycles. The van der Waals surface area contributed by atoms with E-state index in [0.717, 1.165) is 11.3 Å². The third kappa shape index (κ3) is 5.18. The molecule has 0 radical (unpaired) electrons. The van der Waals surface area contributed by atoms with Gasteiger partial charge in [-0.05, 0) is 31.2 Å². The maximum Gasteiger partial charge on any atom is 0.252 e. The van der Waals surface area contributed by atoms with Crippen molar-refractivity contribution in [1.82, 2.24) is 20.4 Å². The first-order chi connectivity index (χ1) is 15.5. The molecule has 0 saturated heterocycles. The van der Waals surface area contributed by atoms with E-state index in [1.165, 1.54) is 33.5 Å². The average Bonchev–Trinajstić information content (AvgIpc) is 3.31. The van der Waals surface area contributed by atoms with Gasteiger partial charge in [-0.25, -0.2) is 4.68 Å². The molecule has 9 nitrogen and oxygen atoms in total. The molecule has 0 saturated carbocycles. The van der Waals surface area contributed by atoms with E-state index in [-0.39, 0.29) is 18.0 Å². The lowest BCUT2D eigenvalue weighted by Gasteiger charge is -2.16. The van der Waals surface area contributed by atoms with Gasteiger partial charge in [0.05, 0.1) is 33.2 Å². The monoisotopic (exact) mass is 438 g/mol. The van der Waals surface area contributed by atoms with E-state index < -0.39 is 11.9 Å². The normalized spacial score (nSPS) is 11.4. The number of methoxy groups -OCH3 is 3. The summed E-state index contributed by atoms with van der Waals surface area (Å²) in [6.45, 7) is 1.90. The van der Waals surface area contributed by atoms with Crippen LogP contribution >= 0.6 is 0 Å². The zero-order chi connectivity index (χ0) is 23.1. The van der Waals surface area contributed by atoms with E-state index in [4.69, 9.17) is 14.2 Å². The van der Waals surface area contributed by atoms with Gasteiger partial charge in [-0.15, -0.1) is 0 Å². The van der Waals surface area contributed by atoms with Crippen LogP contribution in [0.3, 0.4) is 0 Å². The molecule has 0 unspecified atom stereocenters. The molecule has 2 amide bonds. The zero-order valence-corrected chi connectivity index (χ0v) is 18.4. The Kier molecular flexibility index (Phi) is 7.33. The minimum absolute atomic E-state index is 0.281. The molecule has 0 fully saturated rings. The largest absolute Gasteiger partial charge is 0.493 e. The van der Waals surface area contributed by atoms with Crippen molar-refractivity contribution in [3.05, 3.63) is 66.0 Å². The Morgan fingerprint density at radius 2 is 1.69 bits per heavy atom. The third-order valence-electron chi connectivity index (χ3n) is 4.79. The second-order valence-electron chi connectivity index (χ2n) is 6.96. The number of carbonyl (C=O) groups excluding carboxylic acids is 2. The minimum Gasteiger partial charge on any atom is -0.493 e. The fourth-order valence-electron chi connectivity index (χ4n) is 3.07. The molecular weight excluding hydrogens is 412 g/mol. The van der Waals surface area contributed by atoms with Crippen LogP contribution in [0.4, 0.5) is 0 Å². The van der Waals surface area contributed by atoms with E-state index in [1.807, 2.05) is 36.5 Å². The molecule has 32 heavy (non-hydrogen) atoms. The van der Waals surface area contributed by atoms with Crippen LogP contribution in [0, 0.1) is 0 Å². The number of ether oxygens (including phenoxy) is 3. The van der Waals surface area contributed by atoms with Crippen LogP contribution in [0.2, 0.25) is 0 Å². The Balaban J connectivity index is 1.60. The van der Waals surface area contributed by atoms with Crippen LogP contribution in [0.5, 0.6) is 17.2 Å². The summed E-state index contributed by atoms with van der Waals surface area (Å²) >= 11 is 0. The standard InChI is InChI=1S/C23H26N4O5/c1-15(26-23(29)17-10-19(30-2)21(32-4)20(11-17)31-3)22(28)24-12-16-13-25-27(14-16)18-8-6-5-7-9-18/h5-11,13-15H,12H2,1-4H3,(H,24,28)(H,26,29)/t15-/m1/s1. The van der Waals surface area contributed by atoms with Crippen molar-refractivity contribution < 1.29 is 23.8 Å². The lowest BCUT2D eigenvalue weighted by Crippen LogP contribution is -2.44. The molecule has 3 aromatic rings. The minimum atomic E-state index is -0.759. The van der Waals surface area contributed by atoms with Crippen molar-refractivity contribution in [2.45, 2.75) is 19.5 Å². The number of benzene rings is 2. The van der Waals surface area contributed by atoms with Gasteiger partial charge in [-0.1, -0.05) is 18.2 Å².